The summed E-state index contributed by atoms with van der Waals surface area (Å²) in [6.07, 6.45) is 8.06. The number of nitrogens with zero attached hydrogens (tertiary/aromatic N) is 2. The SMILES string of the molecule is CCCC1CCN(c2cccc(CNC3CC3)n2)CC1. The van der Waals surface area contributed by atoms with Gasteiger partial charge in [0.1, 0.15) is 5.82 Å². The Morgan fingerprint density at radius 2 is 2.00 bits per heavy atom. The molecule has 2 aliphatic rings. The smallest absolute Gasteiger partial charge is 0.128 e. The van der Waals surface area contributed by atoms with Gasteiger partial charge in [0.2, 0.25) is 0 Å². The van der Waals surface area contributed by atoms with Crippen molar-refractivity contribution in [2.75, 3.05) is 18.0 Å². The van der Waals surface area contributed by atoms with Gasteiger partial charge in [0, 0.05) is 25.7 Å². The van der Waals surface area contributed by atoms with Gasteiger partial charge < -0.3 is 10.2 Å². The molecule has 1 saturated heterocycles. The zero-order chi connectivity index (χ0) is 13.8. The number of pyridine rings is 1. The molecule has 0 aromatic carbocycles. The maximum Gasteiger partial charge on any atom is 0.128 e. The zero-order valence-electron chi connectivity index (χ0n) is 12.6. The van der Waals surface area contributed by atoms with Crippen molar-refractivity contribution >= 4 is 5.82 Å². The van der Waals surface area contributed by atoms with Crippen molar-refractivity contribution in [1.82, 2.24) is 10.3 Å². The highest BCUT2D eigenvalue weighted by Crippen LogP contribution is 2.25. The van der Waals surface area contributed by atoms with Gasteiger partial charge in [-0.2, -0.15) is 0 Å². The summed E-state index contributed by atoms with van der Waals surface area (Å²) in [6.45, 7) is 5.57. The Morgan fingerprint density at radius 3 is 2.70 bits per heavy atom. The molecule has 0 bridgehead atoms. The van der Waals surface area contributed by atoms with Crippen molar-refractivity contribution in [2.24, 2.45) is 5.92 Å². The maximum atomic E-state index is 4.83. The Labute approximate surface area is 122 Å². The summed E-state index contributed by atoms with van der Waals surface area (Å²) in [6, 6.07) is 7.22. The van der Waals surface area contributed by atoms with E-state index in [2.05, 4.69) is 35.3 Å². The van der Waals surface area contributed by atoms with E-state index < -0.39 is 0 Å². The fraction of sp³-hybridized carbons (Fsp3) is 0.706. The number of piperidine rings is 1. The van der Waals surface area contributed by atoms with Crippen LogP contribution in [0.4, 0.5) is 5.82 Å². The van der Waals surface area contributed by atoms with Crippen LogP contribution >= 0.6 is 0 Å². The number of nitrogens with one attached hydrogen (secondary N) is 1. The van der Waals surface area contributed by atoms with E-state index in [1.807, 2.05) is 0 Å². The first-order valence-electron chi connectivity index (χ1n) is 8.29. The van der Waals surface area contributed by atoms with Gasteiger partial charge >= 0.3 is 0 Å². The normalized spacial score (nSPS) is 20.4. The molecule has 2 heterocycles. The molecule has 1 saturated carbocycles. The largest absolute Gasteiger partial charge is 0.357 e. The minimum Gasteiger partial charge on any atom is -0.357 e. The molecule has 0 radical (unpaired) electrons. The molecule has 1 aliphatic carbocycles. The van der Waals surface area contributed by atoms with Crippen LogP contribution in [0.2, 0.25) is 0 Å². The van der Waals surface area contributed by atoms with Crippen LogP contribution in [0.3, 0.4) is 0 Å². The van der Waals surface area contributed by atoms with E-state index in [1.165, 1.54) is 63.1 Å². The van der Waals surface area contributed by atoms with Crippen molar-refractivity contribution in [3.05, 3.63) is 23.9 Å². The number of anilines is 1. The summed E-state index contributed by atoms with van der Waals surface area (Å²) >= 11 is 0. The molecule has 110 valence electrons. The summed E-state index contributed by atoms with van der Waals surface area (Å²) in [5, 5.41) is 3.55. The van der Waals surface area contributed by atoms with Crippen LogP contribution in [0, 0.1) is 5.92 Å². The van der Waals surface area contributed by atoms with Gasteiger partial charge in [-0.1, -0.05) is 25.8 Å². The third kappa shape index (κ3) is 3.72. The molecule has 1 aromatic heterocycles. The number of aromatic nitrogens is 1. The predicted octanol–water partition coefficient (Wildman–Crippen LogP) is 3.35. The molecule has 0 amide bonds. The van der Waals surface area contributed by atoms with E-state index in [1.54, 1.807) is 0 Å². The molecule has 3 nitrogen and oxygen atoms in total. The summed E-state index contributed by atoms with van der Waals surface area (Å²) < 4.78 is 0. The van der Waals surface area contributed by atoms with Crippen molar-refractivity contribution in [1.29, 1.82) is 0 Å². The van der Waals surface area contributed by atoms with Crippen molar-refractivity contribution in [3.63, 3.8) is 0 Å². The molecular weight excluding hydrogens is 246 g/mol. The average molecular weight is 273 g/mol. The van der Waals surface area contributed by atoms with Crippen LogP contribution in [0.5, 0.6) is 0 Å². The second-order valence-corrected chi connectivity index (χ2v) is 6.36. The molecule has 20 heavy (non-hydrogen) atoms. The number of hydrogen-bond donors (Lipinski definition) is 1. The van der Waals surface area contributed by atoms with Gasteiger partial charge in [-0.05, 0) is 43.7 Å². The van der Waals surface area contributed by atoms with Crippen molar-refractivity contribution < 1.29 is 0 Å². The quantitative estimate of drug-likeness (QED) is 0.861. The summed E-state index contributed by atoms with van der Waals surface area (Å²) in [7, 11) is 0. The Balaban J connectivity index is 1.55. The monoisotopic (exact) mass is 273 g/mol. The van der Waals surface area contributed by atoms with E-state index in [-0.39, 0.29) is 0 Å². The van der Waals surface area contributed by atoms with Crippen LogP contribution in [-0.2, 0) is 6.54 Å². The lowest BCUT2D eigenvalue weighted by Gasteiger charge is -2.33. The molecule has 1 aliphatic heterocycles. The third-order valence-corrected chi connectivity index (χ3v) is 4.58. The first kappa shape index (κ1) is 13.9. The average Bonchev–Trinajstić information content (AvgIpc) is 3.31. The van der Waals surface area contributed by atoms with E-state index >= 15 is 0 Å². The minimum atomic E-state index is 0.755. The van der Waals surface area contributed by atoms with Crippen molar-refractivity contribution in [3.8, 4) is 0 Å². The van der Waals surface area contributed by atoms with Crippen LogP contribution in [-0.4, -0.2) is 24.1 Å². The summed E-state index contributed by atoms with van der Waals surface area (Å²) in [4.78, 5) is 7.30. The Hall–Kier alpha value is -1.09. The molecule has 1 aromatic rings. The predicted molar refractivity (Wildman–Crippen MR) is 83.9 cm³/mol. The Bertz CT molecular complexity index is 420. The molecule has 2 fully saturated rings. The van der Waals surface area contributed by atoms with Gasteiger partial charge in [-0.15, -0.1) is 0 Å². The van der Waals surface area contributed by atoms with E-state index in [0.717, 1.165) is 18.5 Å². The maximum absolute atomic E-state index is 4.83. The summed E-state index contributed by atoms with van der Waals surface area (Å²) in [5.74, 6) is 2.12. The van der Waals surface area contributed by atoms with Gasteiger partial charge in [-0.25, -0.2) is 4.98 Å². The topological polar surface area (TPSA) is 28.2 Å². The van der Waals surface area contributed by atoms with Crippen LogP contribution in [0.15, 0.2) is 18.2 Å². The lowest BCUT2D eigenvalue weighted by Crippen LogP contribution is -2.34. The number of rotatable bonds is 6. The number of hydrogen-bond acceptors (Lipinski definition) is 3. The molecule has 0 atom stereocenters. The Morgan fingerprint density at radius 1 is 1.20 bits per heavy atom. The lowest BCUT2D eigenvalue weighted by atomic mass is 9.92. The highest BCUT2D eigenvalue weighted by atomic mass is 15.2. The highest BCUT2D eigenvalue weighted by Gasteiger charge is 2.21. The van der Waals surface area contributed by atoms with E-state index in [4.69, 9.17) is 4.98 Å². The van der Waals surface area contributed by atoms with Crippen molar-refractivity contribution in [2.45, 2.75) is 58.0 Å². The first-order chi connectivity index (χ1) is 9.85. The van der Waals surface area contributed by atoms with Crippen LogP contribution < -0.4 is 10.2 Å². The molecule has 3 heteroatoms. The van der Waals surface area contributed by atoms with E-state index in [9.17, 15) is 0 Å². The zero-order valence-corrected chi connectivity index (χ0v) is 12.6. The minimum absolute atomic E-state index is 0.755. The molecule has 0 spiro atoms. The van der Waals surface area contributed by atoms with E-state index in [0.29, 0.717) is 0 Å². The second-order valence-electron chi connectivity index (χ2n) is 6.36. The fourth-order valence-electron chi connectivity index (χ4n) is 3.14. The van der Waals surface area contributed by atoms with Gasteiger partial charge in [0.15, 0.2) is 0 Å². The van der Waals surface area contributed by atoms with Gasteiger partial charge in [0.25, 0.3) is 0 Å². The standard InChI is InChI=1S/C17H27N3/c1-2-4-14-9-11-20(12-10-14)17-6-3-5-16(19-17)13-18-15-7-8-15/h3,5-6,14-15,18H,2,4,7-13H2,1H3. The third-order valence-electron chi connectivity index (χ3n) is 4.58. The fourth-order valence-corrected chi connectivity index (χ4v) is 3.14. The second kappa shape index (κ2) is 6.57. The Kier molecular flexibility index (Phi) is 4.56. The first-order valence-corrected chi connectivity index (χ1v) is 8.29. The van der Waals surface area contributed by atoms with Gasteiger partial charge in [0.05, 0.1) is 5.69 Å². The lowest BCUT2D eigenvalue weighted by molar-refractivity contribution is 0.377. The van der Waals surface area contributed by atoms with Crippen LogP contribution in [0.1, 0.15) is 51.1 Å². The van der Waals surface area contributed by atoms with Crippen LogP contribution in [0.25, 0.3) is 0 Å². The van der Waals surface area contributed by atoms with Gasteiger partial charge in [-0.3, -0.25) is 0 Å². The summed E-state index contributed by atoms with van der Waals surface area (Å²) in [5.41, 5.74) is 1.19. The molecule has 1 N–H and O–H groups in total. The molecule has 3 rings (SSSR count). The highest BCUT2D eigenvalue weighted by molar-refractivity contribution is 5.39. The molecular formula is C17H27N3. The molecule has 0 unspecified atom stereocenters.